The standard InChI is InChI=1S/C11H12ClN3O2S/c1-15-10(16)13-14-11(15)18-6-7-5-8(12)3-4-9(7)17-2/h3-5H,6H2,1-2H3,(H,13,16). The van der Waals surface area contributed by atoms with Gasteiger partial charge in [0.05, 0.1) is 7.11 Å². The first-order valence-electron chi connectivity index (χ1n) is 5.18. The maximum Gasteiger partial charge on any atom is 0.343 e. The predicted octanol–water partition coefficient (Wildman–Crippen LogP) is 2.06. The van der Waals surface area contributed by atoms with Crippen molar-refractivity contribution in [1.82, 2.24) is 14.8 Å². The third kappa shape index (κ3) is 2.70. The largest absolute Gasteiger partial charge is 0.496 e. The highest BCUT2D eigenvalue weighted by Crippen LogP contribution is 2.28. The molecule has 0 atom stereocenters. The summed E-state index contributed by atoms with van der Waals surface area (Å²) in [6, 6.07) is 5.44. The molecule has 0 aliphatic heterocycles. The zero-order chi connectivity index (χ0) is 13.1. The van der Waals surface area contributed by atoms with Gasteiger partial charge in [0.15, 0.2) is 5.16 Å². The molecule has 18 heavy (non-hydrogen) atoms. The molecule has 1 aromatic heterocycles. The molecule has 2 aromatic rings. The summed E-state index contributed by atoms with van der Waals surface area (Å²) in [5, 5.41) is 7.60. The van der Waals surface area contributed by atoms with E-state index in [1.165, 1.54) is 16.3 Å². The topological polar surface area (TPSA) is 59.9 Å². The summed E-state index contributed by atoms with van der Waals surface area (Å²) < 4.78 is 6.72. The van der Waals surface area contributed by atoms with Crippen LogP contribution in [0.25, 0.3) is 0 Å². The highest BCUT2D eigenvalue weighted by molar-refractivity contribution is 7.98. The number of rotatable bonds is 4. The van der Waals surface area contributed by atoms with Crippen LogP contribution in [-0.4, -0.2) is 21.9 Å². The molecule has 1 heterocycles. The van der Waals surface area contributed by atoms with Crippen LogP contribution in [-0.2, 0) is 12.8 Å². The van der Waals surface area contributed by atoms with Crippen LogP contribution in [0.5, 0.6) is 5.75 Å². The van der Waals surface area contributed by atoms with Gasteiger partial charge in [-0.1, -0.05) is 23.4 Å². The van der Waals surface area contributed by atoms with Gasteiger partial charge in [-0.25, -0.2) is 9.89 Å². The Kier molecular flexibility index (Phi) is 3.98. The first-order valence-corrected chi connectivity index (χ1v) is 6.55. The summed E-state index contributed by atoms with van der Waals surface area (Å²) in [4.78, 5) is 11.2. The number of nitrogens with one attached hydrogen (secondary N) is 1. The minimum Gasteiger partial charge on any atom is -0.496 e. The number of ether oxygens (including phenoxy) is 1. The minimum absolute atomic E-state index is 0.226. The van der Waals surface area contributed by atoms with Crippen LogP contribution in [0.1, 0.15) is 5.56 Å². The summed E-state index contributed by atoms with van der Waals surface area (Å²) >= 11 is 7.39. The van der Waals surface area contributed by atoms with Gasteiger partial charge < -0.3 is 4.74 Å². The lowest BCUT2D eigenvalue weighted by atomic mass is 10.2. The molecule has 0 fully saturated rings. The molecule has 0 aliphatic carbocycles. The number of benzene rings is 1. The van der Waals surface area contributed by atoms with Crippen molar-refractivity contribution >= 4 is 23.4 Å². The van der Waals surface area contributed by atoms with Crippen molar-refractivity contribution in [1.29, 1.82) is 0 Å². The fourth-order valence-electron chi connectivity index (χ4n) is 1.46. The Balaban J connectivity index is 2.17. The number of hydrogen-bond donors (Lipinski definition) is 1. The molecule has 96 valence electrons. The Morgan fingerprint density at radius 1 is 1.56 bits per heavy atom. The fourth-order valence-corrected chi connectivity index (χ4v) is 2.56. The summed E-state index contributed by atoms with van der Waals surface area (Å²) in [5.41, 5.74) is 0.737. The van der Waals surface area contributed by atoms with E-state index in [1.54, 1.807) is 20.2 Å². The van der Waals surface area contributed by atoms with Gasteiger partial charge in [0, 0.05) is 23.4 Å². The van der Waals surface area contributed by atoms with Crippen molar-refractivity contribution in [2.75, 3.05) is 7.11 Å². The van der Waals surface area contributed by atoms with E-state index in [2.05, 4.69) is 10.2 Å². The molecule has 0 spiro atoms. The van der Waals surface area contributed by atoms with Crippen LogP contribution in [0, 0.1) is 0 Å². The number of aromatic nitrogens is 3. The molecule has 0 radical (unpaired) electrons. The molecule has 1 aromatic carbocycles. The van der Waals surface area contributed by atoms with Crippen LogP contribution >= 0.6 is 23.4 Å². The van der Waals surface area contributed by atoms with Gasteiger partial charge in [-0.2, -0.15) is 0 Å². The predicted molar refractivity (Wildman–Crippen MR) is 71.4 cm³/mol. The van der Waals surface area contributed by atoms with Crippen LogP contribution in [0.4, 0.5) is 0 Å². The van der Waals surface area contributed by atoms with Crippen LogP contribution in [0.15, 0.2) is 28.2 Å². The van der Waals surface area contributed by atoms with Gasteiger partial charge in [-0.3, -0.25) is 4.57 Å². The lowest BCUT2D eigenvalue weighted by Gasteiger charge is -2.08. The SMILES string of the molecule is COc1ccc(Cl)cc1CSc1n[nH]c(=O)n1C. The van der Waals surface area contributed by atoms with Gasteiger partial charge in [-0.05, 0) is 18.2 Å². The molecule has 0 unspecified atom stereocenters. The first-order chi connectivity index (χ1) is 8.61. The number of H-pyrrole nitrogens is 1. The van der Waals surface area contributed by atoms with E-state index in [4.69, 9.17) is 16.3 Å². The highest BCUT2D eigenvalue weighted by atomic mass is 35.5. The number of halogens is 1. The zero-order valence-corrected chi connectivity index (χ0v) is 11.5. The van der Waals surface area contributed by atoms with Crippen molar-refractivity contribution in [2.24, 2.45) is 7.05 Å². The molecular formula is C11H12ClN3O2S. The van der Waals surface area contributed by atoms with Crippen molar-refractivity contribution in [3.8, 4) is 5.75 Å². The lowest BCUT2D eigenvalue weighted by Crippen LogP contribution is -2.12. The Labute approximate surface area is 113 Å². The Bertz CT molecular complexity index is 609. The van der Waals surface area contributed by atoms with Crippen molar-refractivity contribution in [3.05, 3.63) is 39.3 Å². The molecule has 0 amide bonds. The lowest BCUT2D eigenvalue weighted by molar-refractivity contribution is 0.411. The Morgan fingerprint density at radius 3 is 2.94 bits per heavy atom. The van der Waals surface area contributed by atoms with Gasteiger partial charge in [-0.15, -0.1) is 5.10 Å². The van der Waals surface area contributed by atoms with Crippen molar-refractivity contribution in [3.63, 3.8) is 0 Å². The highest BCUT2D eigenvalue weighted by Gasteiger charge is 2.08. The molecule has 0 bridgehead atoms. The third-order valence-electron chi connectivity index (χ3n) is 2.44. The molecule has 0 aliphatic rings. The summed E-state index contributed by atoms with van der Waals surface area (Å²) in [7, 11) is 3.28. The second-order valence-corrected chi connectivity index (χ2v) is 4.99. The van der Waals surface area contributed by atoms with Gasteiger partial charge in [0.2, 0.25) is 0 Å². The second kappa shape index (κ2) is 5.49. The van der Waals surface area contributed by atoms with E-state index in [0.717, 1.165) is 11.3 Å². The third-order valence-corrected chi connectivity index (χ3v) is 3.75. The first kappa shape index (κ1) is 13.0. The Morgan fingerprint density at radius 2 is 2.33 bits per heavy atom. The van der Waals surface area contributed by atoms with Gasteiger partial charge in [0.25, 0.3) is 0 Å². The number of hydrogen-bond acceptors (Lipinski definition) is 4. The van der Waals surface area contributed by atoms with Crippen molar-refractivity contribution in [2.45, 2.75) is 10.9 Å². The molecule has 2 rings (SSSR count). The van der Waals surface area contributed by atoms with E-state index in [1.807, 2.05) is 12.1 Å². The maximum absolute atomic E-state index is 11.2. The smallest absolute Gasteiger partial charge is 0.343 e. The molecule has 5 nitrogen and oxygen atoms in total. The number of thioether (sulfide) groups is 1. The van der Waals surface area contributed by atoms with Gasteiger partial charge in [0.1, 0.15) is 5.75 Å². The summed E-state index contributed by atoms with van der Waals surface area (Å²) in [5.74, 6) is 1.40. The summed E-state index contributed by atoms with van der Waals surface area (Å²) in [6.07, 6.45) is 0. The average Bonchev–Trinajstić information content (AvgIpc) is 2.68. The van der Waals surface area contributed by atoms with E-state index in [-0.39, 0.29) is 5.69 Å². The molecular weight excluding hydrogens is 274 g/mol. The summed E-state index contributed by atoms with van der Waals surface area (Å²) in [6.45, 7) is 0. The molecule has 0 saturated heterocycles. The van der Waals surface area contributed by atoms with Crippen LogP contribution in [0.2, 0.25) is 5.02 Å². The van der Waals surface area contributed by atoms with E-state index >= 15 is 0 Å². The second-order valence-electron chi connectivity index (χ2n) is 3.62. The number of nitrogens with zero attached hydrogens (tertiary/aromatic N) is 2. The van der Waals surface area contributed by atoms with Crippen LogP contribution < -0.4 is 10.4 Å². The normalized spacial score (nSPS) is 10.6. The fraction of sp³-hybridized carbons (Fsp3) is 0.273. The monoisotopic (exact) mass is 285 g/mol. The molecule has 0 saturated carbocycles. The average molecular weight is 286 g/mol. The Hall–Kier alpha value is -1.40. The van der Waals surface area contributed by atoms with Gasteiger partial charge >= 0.3 is 5.69 Å². The van der Waals surface area contributed by atoms with Crippen LogP contribution in [0.3, 0.4) is 0 Å². The van der Waals surface area contributed by atoms with E-state index in [9.17, 15) is 4.79 Å². The quantitative estimate of drug-likeness (QED) is 0.874. The number of aromatic amines is 1. The van der Waals surface area contributed by atoms with E-state index in [0.29, 0.717) is 15.9 Å². The molecule has 7 heteroatoms. The maximum atomic E-state index is 11.2. The molecule has 1 N–H and O–H groups in total. The zero-order valence-electron chi connectivity index (χ0n) is 9.94. The minimum atomic E-state index is -0.226. The van der Waals surface area contributed by atoms with Crippen molar-refractivity contribution < 1.29 is 4.74 Å². The number of methoxy groups -OCH3 is 1. The van der Waals surface area contributed by atoms with E-state index < -0.39 is 0 Å².